The number of rotatable bonds is 8. The van der Waals surface area contributed by atoms with Gasteiger partial charge in [0.1, 0.15) is 16.2 Å². The Morgan fingerprint density at radius 3 is 2.72 bits per heavy atom. The molecular weight excluding hydrogens is 294 g/mol. The third-order valence-corrected chi connectivity index (χ3v) is 3.45. The fourth-order valence-electron chi connectivity index (χ4n) is 1.86. The van der Waals surface area contributed by atoms with Crippen LogP contribution in [0.2, 0.25) is 0 Å². The van der Waals surface area contributed by atoms with Gasteiger partial charge in [-0.25, -0.2) is 9.97 Å². The predicted molar refractivity (Wildman–Crippen MR) is 75.8 cm³/mol. The van der Waals surface area contributed by atoms with Crippen molar-refractivity contribution in [3.05, 3.63) is 16.5 Å². The number of unbranched alkanes of at least 4 members (excludes halogenated alkanes) is 3. The Morgan fingerprint density at radius 1 is 1.22 bits per heavy atom. The van der Waals surface area contributed by atoms with E-state index >= 15 is 0 Å². The average Bonchev–Trinajstić information content (AvgIpc) is 3.17. The Balaban J connectivity index is 1.74. The van der Waals surface area contributed by atoms with Gasteiger partial charge >= 0.3 is 0 Å². The maximum atomic E-state index is 8.68. The van der Waals surface area contributed by atoms with Crippen molar-refractivity contribution < 1.29 is 5.11 Å². The van der Waals surface area contributed by atoms with Gasteiger partial charge in [0, 0.05) is 25.1 Å². The van der Waals surface area contributed by atoms with E-state index in [4.69, 9.17) is 5.11 Å². The molecule has 5 heteroatoms. The first-order chi connectivity index (χ1) is 8.79. The summed E-state index contributed by atoms with van der Waals surface area (Å²) in [5, 5.41) is 12.0. The number of aromatic nitrogens is 2. The summed E-state index contributed by atoms with van der Waals surface area (Å²) in [4.78, 5) is 8.94. The molecule has 1 aromatic heterocycles. The smallest absolute Gasteiger partial charge is 0.135 e. The normalized spacial score (nSPS) is 14.8. The first-order valence-electron chi connectivity index (χ1n) is 6.69. The lowest BCUT2D eigenvalue weighted by Crippen LogP contribution is -2.06. The van der Waals surface area contributed by atoms with E-state index in [1.165, 1.54) is 12.8 Å². The highest BCUT2D eigenvalue weighted by molar-refractivity contribution is 9.10. The molecule has 0 atom stereocenters. The number of anilines is 1. The largest absolute Gasteiger partial charge is 0.396 e. The highest BCUT2D eigenvalue weighted by Gasteiger charge is 2.27. The molecule has 1 saturated carbocycles. The highest BCUT2D eigenvalue weighted by atomic mass is 79.9. The molecular formula is C13H20BrN3O. The number of hydrogen-bond donors (Lipinski definition) is 2. The fourth-order valence-corrected chi connectivity index (χ4v) is 2.26. The first kappa shape index (κ1) is 13.7. The highest BCUT2D eigenvalue weighted by Crippen LogP contribution is 2.38. The first-order valence-corrected chi connectivity index (χ1v) is 7.48. The molecule has 2 N–H and O–H groups in total. The molecule has 0 amide bonds. The third-order valence-electron chi connectivity index (χ3n) is 3.05. The molecule has 0 saturated heterocycles. The van der Waals surface area contributed by atoms with Crippen molar-refractivity contribution in [1.82, 2.24) is 9.97 Å². The van der Waals surface area contributed by atoms with Crippen LogP contribution >= 0.6 is 15.9 Å². The quantitative estimate of drug-likeness (QED) is 0.572. The van der Waals surface area contributed by atoms with Crippen LogP contribution in [0.15, 0.2) is 10.7 Å². The summed E-state index contributed by atoms with van der Waals surface area (Å²) in [5.41, 5.74) is 0. The van der Waals surface area contributed by atoms with E-state index in [1.54, 1.807) is 0 Å². The van der Waals surface area contributed by atoms with E-state index in [0.717, 1.165) is 48.5 Å². The monoisotopic (exact) mass is 313 g/mol. The minimum absolute atomic E-state index is 0.303. The number of hydrogen-bond acceptors (Lipinski definition) is 4. The van der Waals surface area contributed by atoms with Gasteiger partial charge in [-0.1, -0.05) is 12.8 Å². The van der Waals surface area contributed by atoms with Gasteiger partial charge in [-0.15, -0.1) is 0 Å². The van der Waals surface area contributed by atoms with Gasteiger partial charge in [-0.05, 0) is 41.6 Å². The van der Waals surface area contributed by atoms with Crippen LogP contribution in [0.5, 0.6) is 0 Å². The third kappa shape index (κ3) is 4.53. The minimum atomic E-state index is 0.303. The zero-order valence-corrected chi connectivity index (χ0v) is 12.1. The fraction of sp³-hybridized carbons (Fsp3) is 0.692. The van der Waals surface area contributed by atoms with Gasteiger partial charge in [-0.3, -0.25) is 0 Å². The second-order valence-corrected chi connectivity index (χ2v) is 5.59. The number of nitrogens with one attached hydrogen (secondary N) is 1. The Kier molecular flexibility index (Phi) is 5.38. The van der Waals surface area contributed by atoms with Crippen molar-refractivity contribution in [3.8, 4) is 0 Å². The lowest BCUT2D eigenvalue weighted by Gasteiger charge is -2.07. The van der Waals surface area contributed by atoms with Gasteiger partial charge < -0.3 is 10.4 Å². The summed E-state index contributed by atoms with van der Waals surface area (Å²) in [5.74, 6) is 2.46. The van der Waals surface area contributed by atoms with Gasteiger partial charge in [-0.2, -0.15) is 0 Å². The number of aliphatic hydroxyl groups is 1. The van der Waals surface area contributed by atoms with Crippen LogP contribution in [-0.4, -0.2) is 28.2 Å². The van der Waals surface area contributed by atoms with E-state index < -0.39 is 0 Å². The lowest BCUT2D eigenvalue weighted by atomic mass is 10.2. The molecule has 0 radical (unpaired) electrons. The van der Waals surface area contributed by atoms with Gasteiger partial charge in [0.2, 0.25) is 0 Å². The van der Waals surface area contributed by atoms with E-state index in [9.17, 15) is 0 Å². The lowest BCUT2D eigenvalue weighted by molar-refractivity contribution is 0.283. The molecule has 0 unspecified atom stereocenters. The second-order valence-electron chi connectivity index (χ2n) is 4.77. The molecule has 1 fully saturated rings. The molecule has 1 aliphatic carbocycles. The summed E-state index contributed by atoms with van der Waals surface area (Å²) >= 11 is 3.43. The van der Waals surface area contributed by atoms with Crippen molar-refractivity contribution in [2.75, 3.05) is 18.5 Å². The molecule has 0 aromatic carbocycles. The predicted octanol–water partition coefficient (Wildman–Crippen LogP) is 3.08. The SMILES string of the molecule is OCCCCCCNc1cc(Br)nc(C2CC2)n1. The van der Waals surface area contributed by atoms with E-state index in [0.29, 0.717) is 12.5 Å². The van der Waals surface area contributed by atoms with Crippen molar-refractivity contribution in [3.63, 3.8) is 0 Å². The van der Waals surface area contributed by atoms with Crippen LogP contribution in [-0.2, 0) is 0 Å². The van der Waals surface area contributed by atoms with Gasteiger partial charge in [0.05, 0.1) is 0 Å². The topological polar surface area (TPSA) is 58.0 Å². The molecule has 1 aromatic rings. The minimum Gasteiger partial charge on any atom is -0.396 e. The molecule has 0 aliphatic heterocycles. The molecule has 4 nitrogen and oxygen atoms in total. The van der Waals surface area contributed by atoms with Crippen molar-refractivity contribution >= 4 is 21.7 Å². The summed E-state index contributed by atoms with van der Waals surface area (Å²) in [7, 11) is 0. The number of nitrogens with zero attached hydrogens (tertiary/aromatic N) is 2. The molecule has 100 valence electrons. The maximum Gasteiger partial charge on any atom is 0.135 e. The molecule has 18 heavy (non-hydrogen) atoms. The molecule has 1 aliphatic rings. The maximum absolute atomic E-state index is 8.68. The second kappa shape index (κ2) is 7.04. The van der Waals surface area contributed by atoms with Crippen LogP contribution in [0.1, 0.15) is 50.3 Å². The number of halogens is 1. The summed E-state index contributed by atoms with van der Waals surface area (Å²) < 4.78 is 0.863. The summed E-state index contributed by atoms with van der Waals surface area (Å²) in [6.45, 7) is 1.23. The molecule has 0 spiro atoms. The van der Waals surface area contributed by atoms with Crippen LogP contribution in [0, 0.1) is 0 Å². The van der Waals surface area contributed by atoms with Crippen LogP contribution in [0.25, 0.3) is 0 Å². The molecule has 0 bridgehead atoms. The zero-order valence-electron chi connectivity index (χ0n) is 10.5. The standard InChI is InChI=1S/C13H20BrN3O/c14-11-9-12(15-7-3-1-2-4-8-18)17-13(16-11)10-5-6-10/h9-10,18H,1-8H2,(H,15,16,17). The molecule has 1 heterocycles. The Labute approximate surface area is 116 Å². The average molecular weight is 314 g/mol. The van der Waals surface area contributed by atoms with Crippen molar-refractivity contribution in [2.45, 2.75) is 44.4 Å². The van der Waals surface area contributed by atoms with E-state index in [1.807, 2.05) is 6.07 Å². The zero-order chi connectivity index (χ0) is 12.8. The van der Waals surface area contributed by atoms with Gasteiger partial charge in [0.25, 0.3) is 0 Å². The van der Waals surface area contributed by atoms with Crippen LogP contribution in [0.3, 0.4) is 0 Å². The van der Waals surface area contributed by atoms with Crippen molar-refractivity contribution in [1.29, 1.82) is 0 Å². The Bertz CT molecular complexity index is 382. The Hall–Kier alpha value is -0.680. The van der Waals surface area contributed by atoms with Crippen molar-refractivity contribution in [2.24, 2.45) is 0 Å². The summed E-state index contributed by atoms with van der Waals surface area (Å²) in [6.07, 6.45) is 6.70. The Morgan fingerprint density at radius 2 is 2.00 bits per heavy atom. The van der Waals surface area contributed by atoms with E-state index in [2.05, 4.69) is 31.2 Å². The molecule has 2 rings (SSSR count). The summed E-state index contributed by atoms with van der Waals surface area (Å²) in [6, 6.07) is 1.93. The van der Waals surface area contributed by atoms with Gasteiger partial charge in [0.15, 0.2) is 0 Å². The van der Waals surface area contributed by atoms with E-state index in [-0.39, 0.29) is 0 Å². The van der Waals surface area contributed by atoms with Crippen LogP contribution < -0.4 is 5.32 Å². The van der Waals surface area contributed by atoms with Crippen LogP contribution in [0.4, 0.5) is 5.82 Å². The number of aliphatic hydroxyl groups excluding tert-OH is 1.